The molecule has 3 N–H and O–H groups in total. The molecule has 1 saturated heterocycles. The summed E-state index contributed by atoms with van der Waals surface area (Å²) in [4.78, 5) is 54.7. The van der Waals surface area contributed by atoms with Crippen molar-refractivity contribution in [1.29, 1.82) is 0 Å². The van der Waals surface area contributed by atoms with Crippen molar-refractivity contribution in [3.63, 3.8) is 0 Å². The first kappa shape index (κ1) is 39.5. The van der Waals surface area contributed by atoms with E-state index in [-0.39, 0.29) is 35.9 Å². The van der Waals surface area contributed by atoms with Gasteiger partial charge in [-0.05, 0) is 81.7 Å². The highest BCUT2D eigenvalue weighted by Crippen LogP contribution is 2.37. The van der Waals surface area contributed by atoms with E-state index in [1.165, 1.54) is 40.2 Å². The Morgan fingerprint density at radius 1 is 1.12 bits per heavy atom. The fourth-order valence-electron chi connectivity index (χ4n) is 6.55. The fourth-order valence-corrected chi connectivity index (χ4v) is 9.19. The molecule has 0 saturated carbocycles. The van der Waals surface area contributed by atoms with Gasteiger partial charge in [0.1, 0.15) is 29.3 Å². The predicted molar refractivity (Wildman–Crippen MR) is 220 cm³/mol. The standard InChI is InChI=1S/C38H39N9O7S3/c1-45(2)17-15-25(22-54-26-8-4-3-5-9-26)40-30-12-11-27(19-33(30)47(50)51)57(52,53)44-36(49)32-23-55-38(42-32)46-18-14-24-7-6-10-28(29(24)21-46)35(48)43-37-41-31-20-39-16-13-34(31)56-37/h3-6,8-13,16,19-20,23-25,40H,7,14-15,17-18,21-22H2,1-2H3,(H,44,49)(H,41,43,48)/t24?,25-/m1/s1. The summed E-state index contributed by atoms with van der Waals surface area (Å²) in [7, 11) is -0.714. The predicted octanol–water partition coefficient (Wildman–Crippen LogP) is 5.71. The highest BCUT2D eigenvalue weighted by Gasteiger charge is 2.32. The smallest absolute Gasteiger partial charge is 0.293 e. The minimum atomic E-state index is -4.54. The second kappa shape index (κ2) is 17.2. The SMILES string of the molecule is CN(C)CC[C@H](COc1ccccc1)Nc1ccc(S(=O)(=O)NC(=O)c2csc(N3CCC4CC=CC(C(=O)Nc5nc6cnccc6s5)=C4C3)n2)cc1[N+](=O)[O-]. The third kappa shape index (κ3) is 9.45. The number of sulfonamides is 1. The van der Waals surface area contributed by atoms with Crippen LogP contribution in [-0.2, 0) is 14.8 Å². The zero-order valence-corrected chi connectivity index (χ0v) is 33.4. The quantitative estimate of drug-likeness (QED) is 0.0857. The molecule has 0 bridgehead atoms. The van der Waals surface area contributed by atoms with E-state index >= 15 is 0 Å². The summed E-state index contributed by atoms with van der Waals surface area (Å²) >= 11 is 2.54. The van der Waals surface area contributed by atoms with E-state index in [0.717, 1.165) is 29.2 Å². The van der Waals surface area contributed by atoms with Crippen molar-refractivity contribution < 1.29 is 27.7 Å². The van der Waals surface area contributed by atoms with Crippen molar-refractivity contribution in [1.82, 2.24) is 24.6 Å². The van der Waals surface area contributed by atoms with Gasteiger partial charge in [0.05, 0.1) is 26.8 Å². The molecule has 2 atom stereocenters. The third-order valence-corrected chi connectivity index (χ3v) is 12.7. The number of anilines is 3. The lowest BCUT2D eigenvalue weighted by Gasteiger charge is -2.36. The van der Waals surface area contributed by atoms with Gasteiger partial charge in [-0.15, -0.1) is 11.3 Å². The molecule has 1 aliphatic carbocycles. The Hall–Kier alpha value is -5.76. The maximum atomic E-state index is 13.5. The van der Waals surface area contributed by atoms with Crippen molar-refractivity contribution >= 4 is 76.4 Å². The summed E-state index contributed by atoms with van der Waals surface area (Å²) < 4.78 is 35.7. The number of piperidine rings is 1. The average molecular weight is 830 g/mol. The molecule has 2 aliphatic rings. The summed E-state index contributed by atoms with van der Waals surface area (Å²) in [6.07, 6.45) is 9.26. The fraction of sp³-hybridized carbons (Fsp3) is 0.289. The van der Waals surface area contributed by atoms with Crippen molar-refractivity contribution in [2.24, 2.45) is 5.92 Å². The number of allylic oxidation sites excluding steroid dienone is 1. The van der Waals surface area contributed by atoms with Crippen molar-refractivity contribution in [3.05, 3.63) is 111 Å². The first-order valence-electron chi connectivity index (χ1n) is 18.0. The lowest BCUT2D eigenvalue weighted by atomic mass is 9.81. The number of para-hydroxylation sites is 1. The van der Waals surface area contributed by atoms with Gasteiger partial charge in [0.15, 0.2) is 10.3 Å². The second-order valence-corrected chi connectivity index (χ2v) is 17.3. The molecule has 1 unspecified atom stereocenters. The van der Waals surface area contributed by atoms with Gasteiger partial charge in [0.25, 0.3) is 27.5 Å². The highest BCUT2D eigenvalue weighted by molar-refractivity contribution is 7.90. The molecule has 1 aliphatic heterocycles. The molecule has 7 rings (SSSR count). The lowest BCUT2D eigenvalue weighted by molar-refractivity contribution is -0.384. The molecule has 4 heterocycles. The van der Waals surface area contributed by atoms with Gasteiger partial charge in [-0.3, -0.25) is 30.0 Å². The van der Waals surface area contributed by atoms with Crippen LogP contribution in [0.5, 0.6) is 5.75 Å². The first-order valence-corrected chi connectivity index (χ1v) is 21.2. The first-order chi connectivity index (χ1) is 27.4. The topological polar surface area (TPSA) is 202 Å². The number of benzene rings is 2. The number of carbonyl (C=O) groups excluding carboxylic acids is 2. The number of pyridine rings is 1. The van der Waals surface area contributed by atoms with E-state index in [2.05, 4.69) is 25.6 Å². The van der Waals surface area contributed by atoms with Crippen LogP contribution in [0.3, 0.4) is 0 Å². The number of ether oxygens (including phenoxy) is 1. The van der Waals surface area contributed by atoms with E-state index in [1.54, 1.807) is 12.4 Å². The van der Waals surface area contributed by atoms with Crippen LogP contribution in [0.2, 0.25) is 0 Å². The zero-order valence-electron chi connectivity index (χ0n) is 31.0. The molecule has 0 radical (unpaired) electrons. The van der Waals surface area contributed by atoms with Gasteiger partial charge in [-0.1, -0.05) is 41.7 Å². The average Bonchev–Trinajstić information content (AvgIpc) is 3.86. The largest absolute Gasteiger partial charge is 0.491 e. The number of hydrogen-bond donors (Lipinski definition) is 3. The molecule has 16 nitrogen and oxygen atoms in total. The normalized spacial score (nSPS) is 16.0. The van der Waals surface area contributed by atoms with Gasteiger partial charge in [0.2, 0.25) is 0 Å². The number of nitro groups is 1. The minimum Gasteiger partial charge on any atom is -0.491 e. The molecular weight excluding hydrogens is 791 g/mol. The van der Waals surface area contributed by atoms with E-state index in [1.807, 2.05) is 77.2 Å². The minimum absolute atomic E-state index is 0.108. The van der Waals surface area contributed by atoms with Gasteiger partial charge >= 0.3 is 0 Å². The number of amides is 2. The van der Waals surface area contributed by atoms with Crippen LogP contribution in [0, 0.1) is 16.0 Å². The Morgan fingerprint density at radius 3 is 2.72 bits per heavy atom. The highest BCUT2D eigenvalue weighted by atomic mass is 32.2. The molecule has 296 valence electrons. The summed E-state index contributed by atoms with van der Waals surface area (Å²) in [5.74, 6) is -0.443. The number of rotatable bonds is 15. The number of nitro benzene ring substituents is 1. The number of thiazole rings is 2. The van der Waals surface area contributed by atoms with Gasteiger partial charge in [0, 0.05) is 36.3 Å². The van der Waals surface area contributed by atoms with Gasteiger partial charge in [-0.2, -0.15) is 0 Å². The zero-order chi connectivity index (χ0) is 40.1. The second-order valence-electron chi connectivity index (χ2n) is 13.7. The van der Waals surface area contributed by atoms with E-state index in [9.17, 15) is 28.1 Å². The van der Waals surface area contributed by atoms with Crippen LogP contribution >= 0.6 is 22.7 Å². The van der Waals surface area contributed by atoms with E-state index in [4.69, 9.17) is 4.74 Å². The van der Waals surface area contributed by atoms with Crippen LogP contribution in [0.15, 0.2) is 101 Å². The van der Waals surface area contributed by atoms with Crippen LogP contribution in [0.25, 0.3) is 10.2 Å². The Kier molecular flexibility index (Phi) is 11.9. The maximum Gasteiger partial charge on any atom is 0.293 e. The number of fused-ring (bicyclic) bond motifs is 2. The van der Waals surface area contributed by atoms with Crippen molar-refractivity contribution in [3.8, 4) is 5.75 Å². The van der Waals surface area contributed by atoms with Crippen LogP contribution in [0.1, 0.15) is 29.8 Å². The van der Waals surface area contributed by atoms with Gasteiger partial charge < -0.3 is 19.9 Å². The monoisotopic (exact) mass is 829 g/mol. The molecule has 3 aromatic heterocycles. The Labute approximate surface area is 336 Å². The molecule has 0 spiro atoms. The summed E-state index contributed by atoms with van der Waals surface area (Å²) in [6, 6.07) is 14.1. The Balaban J connectivity index is 1.02. The molecular formula is C38H39N9O7S3. The molecule has 2 amide bonds. The lowest BCUT2D eigenvalue weighted by Crippen LogP contribution is -2.38. The number of carbonyl (C=O) groups is 2. The van der Waals surface area contributed by atoms with E-state index < -0.39 is 31.4 Å². The number of nitrogens with one attached hydrogen (secondary N) is 3. The van der Waals surface area contributed by atoms with Crippen molar-refractivity contribution in [2.75, 3.05) is 55.9 Å². The molecule has 5 aromatic rings. The Bertz CT molecular complexity index is 2430. The van der Waals surface area contributed by atoms with Crippen LogP contribution in [-0.4, -0.2) is 91.4 Å². The van der Waals surface area contributed by atoms with Gasteiger partial charge in [-0.25, -0.2) is 23.1 Å². The summed E-state index contributed by atoms with van der Waals surface area (Å²) in [5.41, 5.74) is 1.70. The number of aromatic nitrogens is 3. The molecule has 19 heteroatoms. The third-order valence-electron chi connectivity index (χ3n) is 9.48. The number of nitrogens with zero attached hydrogens (tertiary/aromatic N) is 6. The number of hydrogen-bond acceptors (Lipinski definition) is 15. The Morgan fingerprint density at radius 2 is 1.95 bits per heavy atom. The van der Waals surface area contributed by atoms with Crippen LogP contribution < -0.4 is 25.0 Å². The molecule has 57 heavy (non-hydrogen) atoms. The van der Waals surface area contributed by atoms with E-state index in [0.29, 0.717) is 53.2 Å². The van der Waals surface area contributed by atoms with Crippen molar-refractivity contribution in [2.45, 2.75) is 30.2 Å². The summed E-state index contributed by atoms with van der Waals surface area (Å²) in [5, 5.41) is 20.7. The molecule has 1 fully saturated rings. The summed E-state index contributed by atoms with van der Waals surface area (Å²) in [6.45, 7) is 1.88. The molecule has 2 aromatic carbocycles. The maximum absolute atomic E-state index is 13.5. The van der Waals surface area contributed by atoms with Crippen LogP contribution in [0.4, 0.5) is 21.6 Å².